The minimum atomic E-state index is -0.847. The van der Waals surface area contributed by atoms with Gasteiger partial charge in [-0.2, -0.15) is 0 Å². The number of aryl methyl sites for hydroxylation is 1. The van der Waals surface area contributed by atoms with Gasteiger partial charge in [0, 0.05) is 42.9 Å². The van der Waals surface area contributed by atoms with Crippen molar-refractivity contribution < 1.29 is 19.1 Å². The normalized spacial score (nSPS) is 24.7. The van der Waals surface area contributed by atoms with E-state index < -0.39 is 11.3 Å². The quantitative estimate of drug-likeness (QED) is 0.596. The van der Waals surface area contributed by atoms with Crippen LogP contribution in [0.15, 0.2) is 42.5 Å². The second-order valence-corrected chi connectivity index (χ2v) is 8.65. The Kier molecular flexibility index (Phi) is 4.52. The van der Waals surface area contributed by atoms with Crippen LogP contribution in [0.2, 0.25) is 0 Å². The maximum atomic E-state index is 12.4. The van der Waals surface area contributed by atoms with Crippen molar-refractivity contribution in [3.8, 4) is 11.5 Å². The first kappa shape index (κ1) is 19.3. The number of esters is 1. The van der Waals surface area contributed by atoms with E-state index in [2.05, 4.69) is 22.8 Å². The monoisotopic (exact) mass is 394 g/mol. The number of carbonyl (C=O) groups excluding carboxylic acids is 2. The highest BCUT2D eigenvalue weighted by Crippen LogP contribution is 2.49. The minimum Gasteiger partial charge on any atom is -0.467 e. The van der Waals surface area contributed by atoms with Crippen LogP contribution in [-0.4, -0.2) is 23.3 Å². The molecule has 1 spiro atoms. The molecule has 1 saturated heterocycles. The molecule has 4 rings (SSSR count). The van der Waals surface area contributed by atoms with Gasteiger partial charge in [-0.25, -0.2) is 4.79 Å². The molecule has 0 bridgehead atoms. The summed E-state index contributed by atoms with van der Waals surface area (Å²) in [6.07, 6.45) is 1.22. The number of benzene rings is 2. The second kappa shape index (κ2) is 6.79. The van der Waals surface area contributed by atoms with E-state index in [1.54, 1.807) is 6.07 Å². The van der Waals surface area contributed by atoms with Gasteiger partial charge in [0.1, 0.15) is 11.5 Å². The molecule has 2 atom stereocenters. The summed E-state index contributed by atoms with van der Waals surface area (Å²) >= 11 is 0. The highest BCUT2D eigenvalue weighted by Gasteiger charge is 2.50. The standard InChI is InChI=1S/C23H26N2O4/c1-14-10-17(28-15(2)26)11-19-20(14)18(16-8-6-5-7-9-16)12-23(29-19)13-22(3,4)24-21(27)25-23/h5-11,18H,12-13H2,1-4H3,(H2,24,25,27)/t18-,23+/m1/s1. The third kappa shape index (κ3) is 3.79. The van der Waals surface area contributed by atoms with Gasteiger partial charge in [-0.3, -0.25) is 4.79 Å². The van der Waals surface area contributed by atoms with Gasteiger partial charge in [0.05, 0.1) is 0 Å². The van der Waals surface area contributed by atoms with Crippen molar-refractivity contribution in [3.05, 3.63) is 59.2 Å². The fraction of sp³-hybridized carbons (Fsp3) is 0.391. The molecule has 6 heteroatoms. The van der Waals surface area contributed by atoms with Crippen LogP contribution in [0.1, 0.15) is 56.2 Å². The number of hydrogen-bond acceptors (Lipinski definition) is 4. The van der Waals surface area contributed by atoms with Crippen LogP contribution in [0.25, 0.3) is 0 Å². The summed E-state index contributed by atoms with van der Waals surface area (Å²) in [5.41, 5.74) is 1.94. The molecule has 6 nitrogen and oxygen atoms in total. The topological polar surface area (TPSA) is 76.7 Å². The number of carbonyl (C=O) groups is 2. The van der Waals surface area contributed by atoms with Gasteiger partial charge in [0.15, 0.2) is 5.72 Å². The number of fused-ring (bicyclic) bond motifs is 1. The van der Waals surface area contributed by atoms with Crippen LogP contribution in [-0.2, 0) is 4.79 Å². The summed E-state index contributed by atoms with van der Waals surface area (Å²) in [5.74, 6) is 0.739. The van der Waals surface area contributed by atoms with Crippen LogP contribution >= 0.6 is 0 Å². The predicted molar refractivity (Wildman–Crippen MR) is 109 cm³/mol. The van der Waals surface area contributed by atoms with Gasteiger partial charge in [-0.1, -0.05) is 30.3 Å². The molecule has 0 unspecified atom stereocenters. The van der Waals surface area contributed by atoms with Gasteiger partial charge in [-0.15, -0.1) is 0 Å². The van der Waals surface area contributed by atoms with Gasteiger partial charge < -0.3 is 20.1 Å². The molecule has 2 aliphatic rings. The summed E-state index contributed by atoms with van der Waals surface area (Å²) in [6.45, 7) is 7.35. The first-order valence-electron chi connectivity index (χ1n) is 9.84. The molecule has 2 aromatic rings. The Morgan fingerprint density at radius 2 is 1.90 bits per heavy atom. The summed E-state index contributed by atoms with van der Waals surface area (Å²) in [5, 5.41) is 5.98. The van der Waals surface area contributed by atoms with Crippen molar-refractivity contribution in [3.63, 3.8) is 0 Å². The summed E-state index contributed by atoms with van der Waals surface area (Å²) in [7, 11) is 0. The van der Waals surface area contributed by atoms with Crippen LogP contribution in [0.5, 0.6) is 11.5 Å². The van der Waals surface area contributed by atoms with E-state index in [-0.39, 0.29) is 17.9 Å². The Morgan fingerprint density at radius 3 is 2.55 bits per heavy atom. The molecular formula is C23H26N2O4. The summed E-state index contributed by atoms with van der Waals surface area (Å²) < 4.78 is 11.8. The maximum absolute atomic E-state index is 12.4. The average molecular weight is 394 g/mol. The highest BCUT2D eigenvalue weighted by atomic mass is 16.5. The molecule has 1 fully saturated rings. The lowest BCUT2D eigenvalue weighted by molar-refractivity contribution is -0.131. The summed E-state index contributed by atoms with van der Waals surface area (Å²) in [4.78, 5) is 23.9. The molecule has 2 amide bonds. The highest BCUT2D eigenvalue weighted by molar-refractivity contribution is 5.77. The lowest BCUT2D eigenvalue weighted by Crippen LogP contribution is -2.69. The zero-order valence-corrected chi connectivity index (χ0v) is 17.2. The third-order valence-corrected chi connectivity index (χ3v) is 5.49. The van der Waals surface area contributed by atoms with Crippen molar-refractivity contribution in [2.75, 3.05) is 0 Å². The van der Waals surface area contributed by atoms with Crippen molar-refractivity contribution in [1.82, 2.24) is 10.6 Å². The fourth-order valence-electron chi connectivity index (χ4n) is 4.68. The van der Waals surface area contributed by atoms with Crippen LogP contribution in [0.4, 0.5) is 4.79 Å². The van der Waals surface area contributed by atoms with Gasteiger partial charge in [-0.05, 0) is 38.0 Å². The average Bonchev–Trinajstić information content (AvgIpc) is 2.58. The van der Waals surface area contributed by atoms with E-state index in [1.165, 1.54) is 6.92 Å². The Labute approximate surface area is 170 Å². The SMILES string of the molecule is CC(=O)Oc1cc(C)c2c(c1)O[C@@]1(C[C@@H]2c2ccccc2)CC(C)(C)NC(=O)N1. The number of hydrogen-bond donors (Lipinski definition) is 2. The fourth-order valence-corrected chi connectivity index (χ4v) is 4.68. The van der Waals surface area contributed by atoms with Gasteiger partial charge >= 0.3 is 12.0 Å². The lowest BCUT2D eigenvalue weighted by Gasteiger charge is -2.49. The molecule has 152 valence electrons. The first-order chi connectivity index (χ1) is 13.7. The zero-order chi connectivity index (χ0) is 20.8. The lowest BCUT2D eigenvalue weighted by atomic mass is 9.76. The molecular weight excluding hydrogens is 368 g/mol. The zero-order valence-electron chi connectivity index (χ0n) is 17.2. The first-order valence-corrected chi connectivity index (χ1v) is 9.84. The van der Waals surface area contributed by atoms with E-state index in [0.29, 0.717) is 24.3 Å². The molecule has 0 saturated carbocycles. The molecule has 2 heterocycles. The van der Waals surface area contributed by atoms with Crippen LogP contribution < -0.4 is 20.1 Å². The largest absolute Gasteiger partial charge is 0.467 e. The summed E-state index contributed by atoms with van der Waals surface area (Å²) in [6, 6.07) is 13.6. The van der Waals surface area contributed by atoms with Crippen molar-refractivity contribution in [1.29, 1.82) is 0 Å². The number of rotatable bonds is 2. The van der Waals surface area contributed by atoms with Crippen molar-refractivity contribution in [2.24, 2.45) is 0 Å². The molecule has 0 aromatic heterocycles. The number of ether oxygens (including phenoxy) is 2. The molecule has 0 radical (unpaired) electrons. The molecule has 2 aromatic carbocycles. The van der Waals surface area contributed by atoms with Gasteiger partial charge in [0.2, 0.25) is 0 Å². The molecule has 2 aliphatic heterocycles. The predicted octanol–water partition coefficient (Wildman–Crippen LogP) is 4.01. The van der Waals surface area contributed by atoms with Crippen LogP contribution in [0.3, 0.4) is 0 Å². The minimum absolute atomic E-state index is 0.0422. The number of nitrogens with one attached hydrogen (secondary N) is 2. The Balaban J connectivity index is 1.85. The Morgan fingerprint density at radius 1 is 1.17 bits per heavy atom. The van der Waals surface area contributed by atoms with Gasteiger partial charge in [0.25, 0.3) is 0 Å². The van der Waals surface area contributed by atoms with E-state index in [0.717, 1.165) is 16.7 Å². The number of amides is 2. The molecule has 29 heavy (non-hydrogen) atoms. The Bertz CT molecular complexity index is 970. The van der Waals surface area contributed by atoms with Crippen molar-refractivity contribution >= 4 is 12.0 Å². The van der Waals surface area contributed by atoms with E-state index in [9.17, 15) is 9.59 Å². The van der Waals surface area contributed by atoms with Crippen molar-refractivity contribution in [2.45, 2.75) is 57.7 Å². The smallest absolute Gasteiger partial charge is 0.318 e. The third-order valence-electron chi connectivity index (χ3n) is 5.49. The van der Waals surface area contributed by atoms with E-state index in [1.807, 2.05) is 45.0 Å². The van der Waals surface area contributed by atoms with E-state index >= 15 is 0 Å². The van der Waals surface area contributed by atoms with E-state index in [4.69, 9.17) is 9.47 Å². The van der Waals surface area contributed by atoms with Crippen LogP contribution in [0, 0.1) is 6.92 Å². The Hall–Kier alpha value is -3.02. The maximum Gasteiger partial charge on any atom is 0.318 e. The molecule has 2 N–H and O–H groups in total. The number of urea groups is 1. The second-order valence-electron chi connectivity index (χ2n) is 8.65. The molecule has 0 aliphatic carbocycles.